The minimum absolute atomic E-state index is 0.0843. The number of aryl methyl sites for hydroxylation is 1. The first-order valence-electron chi connectivity index (χ1n) is 7.89. The third kappa shape index (κ3) is 3.70. The summed E-state index contributed by atoms with van der Waals surface area (Å²) in [6, 6.07) is 10.3. The molecule has 2 aromatic rings. The largest absolute Gasteiger partial charge is 0.461 e. The van der Waals surface area contributed by atoms with Crippen LogP contribution in [0, 0.1) is 18.8 Å². The molecule has 0 saturated carbocycles. The fourth-order valence-corrected chi connectivity index (χ4v) is 2.92. The summed E-state index contributed by atoms with van der Waals surface area (Å²) in [5, 5.41) is 7.90. The average molecular weight is 315 g/mol. The molecule has 1 unspecified atom stereocenters. The third-order valence-electron chi connectivity index (χ3n) is 4.22. The summed E-state index contributed by atoms with van der Waals surface area (Å²) in [5.41, 5.74) is 1.01. The molecule has 0 aliphatic carbocycles. The molecule has 1 aliphatic rings. The van der Waals surface area contributed by atoms with Crippen LogP contribution in [0.3, 0.4) is 0 Å². The van der Waals surface area contributed by atoms with Crippen LogP contribution >= 0.6 is 0 Å². The van der Waals surface area contributed by atoms with E-state index in [1.54, 1.807) is 6.92 Å². The molecule has 6 heteroatoms. The van der Waals surface area contributed by atoms with Crippen molar-refractivity contribution >= 4 is 12.0 Å². The first-order chi connectivity index (χ1) is 11.1. The lowest BCUT2D eigenvalue weighted by atomic mass is 9.87. The van der Waals surface area contributed by atoms with E-state index < -0.39 is 0 Å². The molecule has 0 bridgehead atoms. The van der Waals surface area contributed by atoms with Crippen molar-refractivity contribution in [2.24, 2.45) is 11.8 Å². The number of carbonyl (C=O) groups is 1. The molecule has 23 heavy (non-hydrogen) atoms. The molecule has 1 fully saturated rings. The SMILES string of the molecule is Cc1nnc(N2CCC(C(=O)OCc3ccccc3)[C@H](C)C2)o1. The lowest BCUT2D eigenvalue weighted by molar-refractivity contribution is -0.152. The Kier molecular flexibility index (Phi) is 4.60. The highest BCUT2D eigenvalue weighted by Gasteiger charge is 2.34. The Morgan fingerprint density at radius 1 is 1.35 bits per heavy atom. The normalized spacial score (nSPS) is 21.2. The van der Waals surface area contributed by atoms with Gasteiger partial charge in [-0.1, -0.05) is 42.4 Å². The van der Waals surface area contributed by atoms with Crippen LogP contribution in [0.4, 0.5) is 6.01 Å². The second kappa shape index (κ2) is 6.81. The summed E-state index contributed by atoms with van der Waals surface area (Å²) >= 11 is 0. The smallest absolute Gasteiger partial charge is 0.318 e. The maximum atomic E-state index is 12.3. The highest BCUT2D eigenvalue weighted by atomic mass is 16.5. The molecular formula is C17H21N3O3. The van der Waals surface area contributed by atoms with Crippen molar-refractivity contribution in [1.29, 1.82) is 0 Å². The molecule has 2 heterocycles. The Hall–Kier alpha value is -2.37. The second-order valence-corrected chi connectivity index (χ2v) is 6.02. The van der Waals surface area contributed by atoms with E-state index >= 15 is 0 Å². The number of hydrogen-bond acceptors (Lipinski definition) is 6. The highest BCUT2D eigenvalue weighted by molar-refractivity contribution is 5.73. The lowest BCUT2D eigenvalue weighted by Crippen LogP contribution is -2.42. The fourth-order valence-electron chi connectivity index (χ4n) is 2.92. The molecular weight excluding hydrogens is 294 g/mol. The van der Waals surface area contributed by atoms with Gasteiger partial charge >= 0.3 is 12.0 Å². The van der Waals surface area contributed by atoms with Gasteiger partial charge in [-0.25, -0.2) is 0 Å². The maximum absolute atomic E-state index is 12.3. The van der Waals surface area contributed by atoms with E-state index in [0.717, 1.165) is 18.5 Å². The number of ether oxygens (including phenoxy) is 1. The van der Waals surface area contributed by atoms with Gasteiger partial charge in [0.25, 0.3) is 0 Å². The van der Waals surface area contributed by atoms with E-state index in [1.807, 2.05) is 35.2 Å². The Balaban J connectivity index is 1.54. The Morgan fingerprint density at radius 2 is 2.13 bits per heavy atom. The van der Waals surface area contributed by atoms with E-state index in [2.05, 4.69) is 17.1 Å². The molecule has 1 saturated heterocycles. The molecule has 0 radical (unpaired) electrons. The van der Waals surface area contributed by atoms with Gasteiger partial charge in [0.05, 0.1) is 5.92 Å². The molecule has 2 atom stereocenters. The van der Waals surface area contributed by atoms with Crippen molar-refractivity contribution in [3.8, 4) is 0 Å². The van der Waals surface area contributed by atoms with Gasteiger partial charge in [0.15, 0.2) is 0 Å². The predicted octanol–water partition coefficient (Wildman–Crippen LogP) is 2.58. The monoisotopic (exact) mass is 315 g/mol. The summed E-state index contributed by atoms with van der Waals surface area (Å²) in [6.45, 7) is 5.59. The number of benzene rings is 1. The average Bonchev–Trinajstić information content (AvgIpc) is 3.00. The molecule has 3 rings (SSSR count). The second-order valence-electron chi connectivity index (χ2n) is 6.02. The molecule has 0 amide bonds. The van der Waals surface area contributed by atoms with Crippen molar-refractivity contribution in [2.75, 3.05) is 18.0 Å². The fraction of sp³-hybridized carbons (Fsp3) is 0.471. The number of piperidine rings is 1. The van der Waals surface area contributed by atoms with Crippen LogP contribution in [-0.4, -0.2) is 29.3 Å². The van der Waals surface area contributed by atoms with Crippen LogP contribution < -0.4 is 4.90 Å². The quantitative estimate of drug-likeness (QED) is 0.808. The van der Waals surface area contributed by atoms with Crippen molar-refractivity contribution in [1.82, 2.24) is 10.2 Å². The minimum atomic E-state index is -0.122. The summed E-state index contributed by atoms with van der Waals surface area (Å²) in [5.74, 6) is 0.526. The van der Waals surface area contributed by atoms with Gasteiger partial charge in [-0.15, -0.1) is 5.10 Å². The number of carbonyl (C=O) groups excluding carboxylic acids is 1. The standard InChI is InChI=1S/C17H21N3O3/c1-12-10-20(17-19-18-13(2)23-17)9-8-15(12)16(21)22-11-14-6-4-3-5-7-14/h3-7,12,15H,8-11H2,1-2H3/t12-,15?/m1/s1. The maximum Gasteiger partial charge on any atom is 0.318 e. The predicted molar refractivity (Wildman–Crippen MR) is 84.8 cm³/mol. The van der Waals surface area contributed by atoms with E-state index in [4.69, 9.17) is 9.15 Å². The number of rotatable bonds is 4. The highest BCUT2D eigenvalue weighted by Crippen LogP contribution is 2.27. The third-order valence-corrected chi connectivity index (χ3v) is 4.22. The van der Waals surface area contributed by atoms with Crippen molar-refractivity contribution in [2.45, 2.75) is 26.9 Å². The number of nitrogens with zero attached hydrogens (tertiary/aromatic N) is 3. The van der Waals surface area contributed by atoms with E-state index in [9.17, 15) is 4.79 Å². The molecule has 0 spiro atoms. The van der Waals surface area contributed by atoms with Crippen LogP contribution in [-0.2, 0) is 16.1 Å². The van der Waals surface area contributed by atoms with Gasteiger partial charge in [0.2, 0.25) is 5.89 Å². The number of hydrogen-bond donors (Lipinski definition) is 0. The Labute approximate surface area is 135 Å². The Morgan fingerprint density at radius 3 is 2.78 bits per heavy atom. The van der Waals surface area contributed by atoms with Crippen molar-refractivity contribution in [3.63, 3.8) is 0 Å². The van der Waals surface area contributed by atoms with Crippen LogP contribution in [0.2, 0.25) is 0 Å². The van der Waals surface area contributed by atoms with Crippen LogP contribution in [0.5, 0.6) is 0 Å². The first-order valence-corrected chi connectivity index (χ1v) is 7.89. The van der Waals surface area contributed by atoms with Gasteiger partial charge < -0.3 is 14.1 Å². The first kappa shape index (κ1) is 15.5. The lowest BCUT2D eigenvalue weighted by Gasteiger charge is -2.34. The molecule has 0 N–H and O–H groups in total. The van der Waals surface area contributed by atoms with E-state index in [-0.39, 0.29) is 17.8 Å². The zero-order chi connectivity index (χ0) is 16.2. The van der Waals surface area contributed by atoms with Gasteiger partial charge in [-0.2, -0.15) is 0 Å². The van der Waals surface area contributed by atoms with E-state index in [0.29, 0.717) is 25.1 Å². The molecule has 6 nitrogen and oxygen atoms in total. The van der Waals surface area contributed by atoms with Gasteiger partial charge in [0.1, 0.15) is 6.61 Å². The molecule has 1 aromatic heterocycles. The van der Waals surface area contributed by atoms with Crippen LogP contribution in [0.15, 0.2) is 34.7 Å². The zero-order valence-corrected chi connectivity index (χ0v) is 13.4. The summed E-state index contributed by atoms with van der Waals surface area (Å²) in [4.78, 5) is 14.4. The number of aromatic nitrogens is 2. The Bertz CT molecular complexity index is 656. The number of esters is 1. The topological polar surface area (TPSA) is 68.5 Å². The number of anilines is 1. The van der Waals surface area contributed by atoms with Crippen molar-refractivity contribution < 1.29 is 13.9 Å². The molecule has 122 valence electrons. The van der Waals surface area contributed by atoms with Gasteiger partial charge in [0, 0.05) is 20.0 Å². The van der Waals surface area contributed by atoms with Crippen LogP contribution in [0.25, 0.3) is 0 Å². The van der Waals surface area contributed by atoms with Gasteiger partial charge in [-0.05, 0) is 17.9 Å². The van der Waals surface area contributed by atoms with Crippen LogP contribution in [0.1, 0.15) is 24.8 Å². The van der Waals surface area contributed by atoms with E-state index in [1.165, 1.54) is 0 Å². The summed E-state index contributed by atoms with van der Waals surface area (Å²) in [7, 11) is 0. The van der Waals surface area contributed by atoms with Gasteiger partial charge in [-0.3, -0.25) is 4.79 Å². The molecule has 1 aliphatic heterocycles. The van der Waals surface area contributed by atoms with Crippen molar-refractivity contribution in [3.05, 3.63) is 41.8 Å². The zero-order valence-electron chi connectivity index (χ0n) is 13.4. The minimum Gasteiger partial charge on any atom is -0.461 e. The summed E-state index contributed by atoms with van der Waals surface area (Å²) < 4.78 is 10.9. The summed E-state index contributed by atoms with van der Waals surface area (Å²) in [6.07, 6.45) is 0.732. The molecule has 1 aromatic carbocycles.